The van der Waals surface area contributed by atoms with Crippen molar-refractivity contribution in [1.82, 2.24) is 0 Å². The van der Waals surface area contributed by atoms with Crippen LogP contribution in [0.4, 0.5) is 0 Å². The maximum absolute atomic E-state index is 12.4. The van der Waals surface area contributed by atoms with Crippen molar-refractivity contribution in [2.45, 2.75) is 80.3 Å². The molecule has 2 nitrogen and oxygen atoms in total. The first-order valence-corrected chi connectivity index (χ1v) is 7.00. The second kappa shape index (κ2) is 6.42. The Morgan fingerprint density at radius 3 is 1.76 bits per heavy atom. The Bertz CT molecular complexity index is 241. The van der Waals surface area contributed by atoms with Gasteiger partial charge in [0.2, 0.25) is 0 Å². The SMILES string of the molecule is CCC(CC)OC(=O)C(C)(CC)C(C)(C)CC. The predicted octanol–water partition coefficient (Wildman–Crippen LogP) is 4.57. The minimum absolute atomic E-state index is 0.0230. The second-order valence-electron chi connectivity index (χ2n) is 5.77. The highest BCUT2D eigenvalue weighted by Crippen LogP contribution is 2.45. The first-order valence-electron chi connectivity index (χ1n) is 7.00. The maximum Gasteiger partial charge on any atom is 0.312 e. The summed E-state index contributed by atoms with van der Waals surface area (Å²) < 4.78 is 5.65. The molecule has 0 aromatic carbocycles. The molecule has 0 spiro atoms. The third-order valence-corrected chi connectivity index (χ3v) is 4.72. The molecule has 2 heteroatoms. The van der Waals surface area contributed by atoms with Gasteiger partial charge in [0, 0.05) is 0 Å². The van der Waals surface area contributed by atoms with Crippen molar-refractivity contribution in [3.8, 4) is 0 Å². The number of esters is 1. The highest BCUT2D eigenvalue weighted by Gasteiger charge is 2.46. The second-order valence-corrected chi connectivity index (χ2v) is 5.77. The molecular formula is C15H30O2. The maximum atomic E-state index is 12.4. The van der Waals surface area contributed by atoms with Gasteiger partial charge in [0.1, 0.15) is 6.10 Å². The highest BCUT2D eigenvalue weighted by atomic mass is 16.5. The predicted molar refractivity (Wildman–Crippen MR) is 72.9 cm³/mol. The van der Waals surface area contributed by atoms with Crippen molar-refractivity contribution < 1.29 is 9.53 Å². The molecule has 0 bridgehead atoms. The minimum atomic E-state index is -0.385. The van der Waals surface area contributed by atoms with Gasteiger partial charge >= 0.3 is 5.97 Å². The lowest BCUT2D eigenvalue weighted by molar-refractivity contribution is -0.169. The van der Waals surface area contributed by atoms with Crippen molar-refractivity contribution in [2.75, 3.05) is 0 Å². The van der Waals surface area contributed by atoms with Gasteiger partial charge in [-0.15, -0.1) is 0 Å². The summed E-state index contributed by atoms with van der Waals surface area (Å²) in [7, 11) is 0. The lowest BCUT2D eigenvalue weighted by atomic mass is 9.63. The van der Waals surface area contributed by atoms with Crippen LogP contribution in [0.1, 0.15) is 74.1 Å². The van der Waals surface area contributed by atoms with E-state index in [4.69, 9.17) is 4.74 Å². The number of carbonyl (C=O) groups is 1. The van der Waals surface area contributed by atoms with Crippen LogP contribution in [0.2, 0.25) is 0 Å². The fourth-order valence-corrected chi connectivity index (χ4v) is 2.03. The summed E-state index contributed by atoms with van der Waals surface area (Å²) >= 11 is 0. The molecule has 0 radical (unpaired) electrons. The van der Waals surface area contributed by atoms with Crippen LogP contribution in [0.5, 0.6) is 0 Å². The molecule has 0 N–H and O–H groups in total. The molecule has 17 heavy (non-hydrogen) atoms. The Hall–Kier alpha value is -0.530. The molecule has 1 atom stereocenters. The number of ether oxygens (including phenoxy) is 1. The van der Waals surface area contributed by atoms with Crippen LogP contribution >= 0.6 is 0 Å². The highest BCUT2D eigenvalue weighted by molar-refractivity contribution is 5.77. The van der Waals surface area contributed by atoms with E-state index in [2.05, 4.69) is 41.5 Å². The lowest BCUT2D eigenvalue weighted by Gasteiger charge is -2.41. The van der Waals surface area contributed by atoms with Crippen LogP contribution in [0, 0.1) is 10.8 Å². The van der Waals surface area contributed by atoms with E-state index < -0.39 is 0 Å². The fraction of sp³-hybridized carbons (Fsp3) is 0.933. The molecule has 0 heterocycles. The number of hydrogen-bond acceptors (Lipinski definition) is 2. The van der Waals surface area contributed by atoms with Crippen molar-refractivity contribution >= 4 is 5.97 Å². The zero-order valence-electron chi connectivity index (χ0n) is 12.7. The van der Waals surface area contributed by atoms with E-state index >= 15 is 0 Å². The molecule has 0 aromatic rings. The van der Waals surface area contributed by atoms with E-state index in [1.54, 1.807) is 0 Å². The first-order chi connectivity index (χ1) is 7.78. The molecule has 0 saturated heterocycles. The summed E-state index contributed by atoms with van der Waals surface area (Å²) in [6, 6.07) is 0. The van der Waals surface area contributed by atoms with Crippen molar-refractivity contribution in [1.29, 1.82) is 0 Å². The molecule has 0 aromatic heterocycles. The van der Waals surface area contributed by atoms with Crippen molar-refractivity contribution in [3.05, 3.63) is 0 Å². The molecule has 0 aliphatic carbocycles. The summed E-state index contributed by atoms with van der Waals surface area (Å²) in [6.07, 6.45) is 3.67. The molecule has 0 aliphatic heterocycles. The van der Waals surface area contributed by atoms with Gasteiger partial charge in [0.25, 0.3) is 0 Å². The zero-order valence-corrected chi connectivity index (χ0v) is 12.7. The van der Waals surface area contributed by atoms with Crippen molar-refractivity contribution in [3.63, 3.8) is 0 Å². The Kier molecular flexibility index (Phi) is 6.22. The normalized spacial score (nSPS) is 15.8. The third kappa shape index (κ3) is 3.46. The minimum Gasteiger partial charge on any atom is -0.462 e. The summed E-state index contributed by atoms with van der Waals surface area (Å²) in [5, 5.41) is 0. The molecule has 0 amide bonds. The van der Waals surface area contributed by atoms with E-state index in [0.29, 0.717) is 0 Å². The monoisotopic (exact) mass is 242 g/mol. The van der Waals surface area contributed by atoms with Gasteiger partial charge in [-0.3, -0.25) is 4.79 Å². The summed E-state index contributed by atoms with van der Waals surface area (Å²) in [5.74, 6) is -0.0273. The largest absolute Gasteiger partial charge is 0.462 e. The third-order valence-electron chi connectivity index (χ3n) is 4.72. The topological polar surface area (TPSA) is 26.3 Å². The molecule has 1 unspecified atom stereocenters. The van der Waals surface area contributed by atoms with E-state index in [1.807, 2.05) is 6.92 Å². The number of carbonyl (C=O) groups excluding carboxylic acids is 1. The van der Waals surface area contributed by atoms with E-state index in [9.17, 15) is 4.79 Å². The smallest absolute Gasteiger partial charge is 0.312 e. The Morgan fingerprint density at radius 1 is 1.00 bits per heavy atom. The van der Waals surface area contributed by atoms with Crippen LogP contribution in [0.25, 0.3) is 0 Å². The molecule has 0 aliphatic rings. The van der Waals surface area contributed by atoms with Gasteiger partial charge in [0.05, 0.1) is 5.41 Å². The molecule has 102 valence electrons. The fourth-order valence-electron chi connectivity index (χ4n) is 2.03. The molecule has 0 fully saturated rings. The van der Waals surface area contributed by atoms with E-state index in [1.165, 1.54) is 0 Å². The van der Waals surface area contributed by atoms with E-state index in [-0.39, 0.29) is 22.9 Å². The van der Waals surface area contributed by atoms with Gasteiger partial charge in [-0.1, -0.05) is 41.5 Å². The zero-order chi connectivity index (χ0) is 13.7. The summed E-state index contributed by atoms with van der Waals surface area (Å²) in [5.41, 5.74) is -0.408. The van der Waals surface area contributed by atoms with Crippen LogP contribution in [-0.2, 0) is 9.53 Å². The van der Waals surface area contributed by atoms with Crippen LogP contribution in [-0.4, -0.2) is 12.1 Å². The molecule has 0 rings (SSSR count). The summed E-state index contributed by atoms with van der Waals surface area (Å²) in [6.45, 7) is 14.7. The molecule has 0 saturated carbocycles. The number of rotatable bonds is 7. The Morgan fingerprint density at radius 2 is 1.47 bits per heavy atom. The van der Waals surface area contributed by atoms with Gasteiger partial charge in [-0.25, -0.2) is 0 Å². The number of hydrogen-bond donors (Lipinski definition) is 0. The van der Waals surface area contributed by atoms with Gasteiger partial charge in [-0.05, 0) is 38.0 Å². The van der Waals surface area contributed by atoms with Gasteiger partial charge in [0.15, 0.2) is 0 Å². The molecular weight excluding hydrogens is 212 g/mol. The average molecular weight is 242 g/mol. The van der Waals surface area contributed by atoms with Gasteiger partial charge in [-0.2, -0.15) is 0 Å². The first kappa shape index (κ1) is 16.5. The van der Waals surface area contributed by atoms with Crippen LogP contribution < -0.4 is 0 Å². The van der Waals surface area contributed by atoms with Gasteiger partial charge < -0.3 is 4.74 Å². The standard InChI is InChI=1S/C15H30O2/c1-8-12(9-2)17-13(16)15(7,11-4)14(5,6)10-3/h12H,8-11H2,1-7H3. The quantitative estimate of drug-likeness (QED) is 0.611. The van der Waals surface area contributed by atoms with Crippen LogP contribution in [0.15, 0.2) is 0 Å². The van der Waals surface area contributed by atoms with Crippen LogP contribution in [0.3, 0.4) is 0 Å². The van der Waals surface area contributed by atoms with E-state index in [0.717, 1.165) is 25.7 Å². The average Bonchev–Trinajstić information content (AvgIpc) is 2.33. The lowest BCUT2D eigenvalue weighted by Crippen LogP contribution is -2.43. The Labute approximate surface area is 107 Å². The van der Waals surface area contributed by atoms with Crippen molar-refractivity contribution in [2.24, 2.45) is 10.8 Å². The summed E-state index contributed by atoms with van der Waals surface area (Å²) in [4.78, 5) is 12.4. The Balaban J connectivity index is 4.93.